The minimum atomic E-state index is -1.04. The van der Waals surface area contributed by atoms with Gasteiger partial charge in [0.2, 0.25) is 0 Å². The fourth-order valence-corrected chi connectivity index (χ4v) is 5.05. The molecule has 0 radical (unpaired) electrons. The van der Waals surface area contributed by atoms with E-state index in [1.165, 1.54) is 0 Å². The van der Waals surface area contributed by atoms with Crippen LogP contribution in [0, 0.1) is 11.8 Å². The Bertz CT molecular complexity index is 692. The van der Waals surface area contributed by atoms with Crippen LogP contribution in [0.25, 0.3) is 0 Å². The smallest absolute Gasteiger partial charge is 0.339 e. The first-order chi connectivity index (χ1) is 12.3. The van der Waals surface area contributed by atoms with Crippen molar-refractivity contribution >= 4 is 5.97 Å². The number of hydrogen-bond donors (Lipinski definition) is 2. The number of aromatic hydroxyl groups is 1. The maximum atomic E-state index is 11.9. The van der Waals surface area contributed by atoms with E-state index in [9.17, 15) is 15.0 Å². The maximum absolute atomic E-state index is 11.9. The van der Waals surface area contributed by atoms with E-state index in [-0.39, 0.29) is 22.8 Å². The summed E-state index contributed by atoms with van der Waals surface area (Å²) in [6.07, 6.45) is 6.89. The first kappa shape index (κ1) is 19.1. The van der Waals surface area contributed by atoms with E-state index in [2.05, 4.69) is 27.7 Å². The third-order valence-electron chi connectivity index (χ3n) is 6.40. The van der Waals surface area contributed by atoms with Crippen molar-refractivity contribution in [2.45, 2.75) is 84.2 Å². The molecule has 0 spiro atoms. The molecular weight excluding hydrogens is 328 g/mol. The summed E-state index contributed by atoms with van der Waals surface area (Å²) >= 11 is 0. The molecule has 0 amide bonds. The van der Waals surface area contributed by atoms with Gasteiger partial charge in [0, 0.05) is 11.5 Å². The van der Waals surface area contributed by atoms with Crippen molar-refractivity contribution in [2.75, 3.05) is 0 Å². The van der Waals surface area contributed by atoms with Crippen LogP contribution in [-0.2, 0) is 6.42 Å². The van der Waals surface area contributed by atoms with Crippen LogP contribution in [-0.4, -0.2) is 21.8 Å². The summed E-state index contributed by atoms with van der Waals surface area (Å²) in [5.41, 5.74) is 1.22. The van der Waals surface area contributed by atoms with Gasteiger partial charge in [-0.3, -0.25) is 0 Å². The number of carboxylic acids is 1. The number of rotatable bonds is 5. The molecule has 0 bridgehead atoms. The van der Waals surface area contributed by atoms with Gasteiger partial charge in [0.25, 0.3) is 0 Å². The van der Waals surface area contributed by atoms with Crippen LogP contribution in [0.2, 0.25) is 0 Å². The Balaban J connectivity index is 2.11. The molecule has 4 heteroatoms. The Morgan fingerprint density at radius 2 is 2.04 bits per heavy atom. The lowest BCUT2D eigenvalue weighted by atomic mass is 9.64. The second-order valence-electron chi connectivity index (χ2n) is 8.77. The lowest BCUT2D eigenvalue weighted by molar-refractivity contribution is -0.0146. The zero-order valence-corrected chi connectivity index (χ0v) is 16.5. The molecule has 4 nitrogen and oxygen atoms in total. The van der Waals surface area contributed by atoms with Gasteiger partial charge in [-0.15, -0.1) is 0 Å². The molecule has 1 aliphatic heterocycles. The molecule has 1 aliphatic carbocycles. The van der Waals surface area contributed by atoms with Gasteiger partial charge in [-0.1, -0.05) is 33.1 Å². The molecule has 26 heavy (non-hydrogen) atoms. The summed E-state index contributed by atoms with van der Waals surface area (Å²) in [6.45, 7) is 8.62. The van der Waals surface area contributed by atoms with E-state index in [1.54, 1.807) is 0 Å². The Kier molecular flexibility index (Phi) is 5.23. The van der Waals surface area contributed by atoms with Crippen LogP contribution in [0.3, 0.4) is 0 Å². The zero-order chi connectivity index (χ0) is 19.1. The highest BCUT2D eigenvalue weighted by molar-refractivity contribution is 5.94. The number of phenols is 1. The molecule has 1 heterocycles. The van der Waals surface area contributed by atoms with Crippen LogP contribution >= 0.6 is 0 Å². The lowest BCUT2D eigenvalue weighted by Gasteiger charge is -2.49. The number of carbonyl (C=O) groups is 1. The summed E-state index contributed by atoms with van der Waals surface area (Å²) < 4.78 is 6.33. The predicted molar refractivity (Wildman–Crippen MR) is 102 cm³/mol. The topological polar surface area (TPSA) is 66.8 Å². The SMILES string of the molecule is CCCCCc1cc2c(c(O)c1C(=O)O)[C@@H]1CC(C)CC[C@H]1C(C)(C)O2. The van der Waals surface area contributed by atoms with Gasteiger partial charge >= 0.3 is 5.97 Å². The summed E-state index contributed by atoms with van der Waals surface area (Å²) in [5, 5.41) is 20.7. The fourth-order valence-electron chi connectivity index (χ4n) is 5.05. The van der Waals surface area contributed by atoms with Crippen LogP contribution in [0.4, 0.5) is 0 Å². The van der Waals surface area contributed by atoms with E-state index in [4.69, 9.17) is 4.74 Å². The molecule has 3 rings (SSSR count). The third kappa shape index (κ3) is 3.30. The maximum Gasteiger partial charge on any atom is 0.339 e. The standard InChI is InChI=1S/C22H32O4/c1-5-6-7-8-14-12-17-19(20(23)18(14)21(24)25)15-11-13(2)9-10-16(15)22(3,4)26-17/h12-13,15-16,23H,5-11H2,1-4H3,(H,24,25)/t13?,15-,16-/m1/s1. The number of aromatic carboxylic acids is 1. The van der Waals surface area contributed by atoms with Gasteiger partial charge in [-0.25, -0.2) is 4.79 Å². The highest BCUT2D eigenvalue weighted by Crippen LogP contribution is 2.56. The van der Waals surface area contributed by atoms with Gasteiger partial charge in [0.1, 0.15) is 22.7 Å². The number of unbranched alkanes of at least 4 members (excludes halogenated alkanes) is 2. The van der Waals surface area contributed by atoms with E-state index >= 15 is 0 Å². The van der Waals surface area contributed by atoms with Crippen LogP contribution in [0.5, 0.6) is 11.5 Å². The summed E-state index contributed by atoms with van der Waals surface area (Å²) in [5.74, 6) is 0.655. The Morgan fingerprint density at radius 3 is 2.69 bits per heavy atom. The Hall–Kier alpha value is -1.71. The molecule has 2 aliphatic rings. The van der Waals surface area contributed by atoms with Crippen molar-refractivity contribution < 1.29 is 19.7 Å². The van der Waals surface area contributed by atoms with Crippen molar-refractivity contribution in [3.05, 3.63) is 22.8 Å². The van der Waals surface area contributed by atoms with Crippen LogP contribution < -0.4 is 4.74 Å². The summed E-state index contributed by atoms with van der Waals surface area (Å²) in [6, 6.07) is 1.89. The number of benzene rings is 1. The Labute approximate surface area is 156 Å². The zero-order valence-electron chi connectivity index (χ0n) is 16.5. The molecule has 144 valence electrons. The minimum absolute atomic E-state index is 0.0545. The quantitative estimate of drug-likeness (QED) is 0.679. The fraction of sp³-hybridized carbons (Fsp3) is 0.682. The number of aryl methyl sites for hydroxylation is 1. The molecule has 1 saturated carbocycles. The normalized spacial score (nSPS) is 26.5. The molecule has 3 atom stereocenters. The molecule has 1 fully saturated rings. The number of carboxylic acid groups (broad SMARTS) is 1. The van der Waals surface area contributed by atoms with Gasteiger partial charge in [-0.05, 0) is 63.0 Å². The molecule has 0 aromatic heterocycles. The van der Waals surface area contributed by atoms with Crippen LogP contribution in [0.15, 0.2) is 6.07 Å². The molecule has 1 unspecified atom stereocenters. The third-order valence-corrected chi connectivity index (χ3v) is 6.40. The van der Waals surface area contributed by atoms with Crippen molar-refractivity contribution in [3.63, 3.8) is 0 Å². The molecule has 1 aromatic rings. The summed E-state index contributed by atoms with van der Waals surface area (Å²) in [7, 11) is 0. The van der Waals surface area contributed by atoms with E-state index in [1.807, 2.05) is 6.07 Å². The number of fused-ring (bicyclic) bond motifs is 3. The van der Waals surface area contributed by atoms with Gasteiger partial charge in [0.15, 0.2) is 0 Å². The average Bonchev–Trinajstić information content (AvgIpc) is 2.53. The molecule has 2 N–H and O–H groups in total. The van der Waals surface area contributed by atoms with E-state index < -0.39 is 5.97 Å². The monoisotopic (exact) mass is 360 g/mol. The average molecular weight is 360 g/mol. The van der Waals surface area contributed by atoms with Gasteiger partial charge < -0.3 is 14.9 Å². The second kappa shape index (κ2) is 7.13. The van der Waals surface area contributed by atoms with Crippen molar-refractivity contribution in [1.29, 1.82) is 0 Å². The van der Waals surface area contributed by atoms with Crippen molar-refractivity contribution in [1.82, 2.24) is 0 Å². The van der Waals surface area contributed by atoms with Crippen molar-refractivity contribution in [3.8, 4) is 11.5 Å². The minimum Gasteiger partial charge on any atom is -0.507 e. The second-order valence-corrected chi connectivity index (χ2v) is 8.77. The van der Waals surface area contributed by atoms with Gasteiger partial charge in [-0.2, -0.15) is 0 Å². The van der Waals surface area contributed by atoms with E-state index in [0.717, 1.165) is 44.1 Å². The lowest BCUT2D eigenvalue weighted by Crippen LogP contribution is -2.46. The molecule has 1 aromatic carbocycles. The first-order valence-corrected chi connectivity index (χ1v) is 10.1. The number of ether oxygens (including phenoxy) is 1. The molecule has 0 saturated heterocycles. The molecular formula is C22H32O4. The Morgan fingerprint density at radius 1 is 1.31 bits per heavy atom. The highest BCUT2D eigenvalue weighted by atomic mass is 16.5. The highest BCUT2D eigenvalue weighted by Gasteiger charge is 2.47. The van der Waals surface area contributed by atoms with Crippen LogP contribution in [0.1, 0.15) is 93.6 Å². The first-order valence-electron chi connectivity index (χ1n) is 10.1. The predicted octanol–water partition coefficient (Wildman–Crippen LogP) is 5.51. The largest absolute Gasteiger partial charge is 0.507 e. The number of hydrogen-bond acceptors (Lipinski definition) is 3. The van der Waals surface area contributed by atoms with Crippen molar-refractivity contribution in [2.24, 2.45) is 11.8 Å². The van der Waals surface area contributed by atoms with Gasteiger partial charge in [0.05, 0.1) is 0 Å². The summed E-state index contributed by atoms with van der Waals surface area (Å²) in [4.78, 5) is 11.9. The van der Waals surface area contributed by atoms with E-state index in [0.29, 0.717) is 29.6 Å².